The van der Waals surface area contributed by atoms with E-state index in [0.29, 0.717) is 29.8 Å². The second-order valence-electron chi connectivity index (χ2n) is 10.1. The highest BCUT2D eigenvalue weighted by Gasteiger charge is 2.41. The molecule has 2 aliphatic heterocycles. The SMILES string of the molecule is C=C1/C(=C/C=C2/Oc3ccccc3N2C(C)C(C)C)C(C(C)CC)C(=S)N1C(C)C(C)C.CC. The van der Waals surface area contributed by atoms with Gasteiger partial charge in [-0.1, -0.05) is 98.8 Å². The van der Waals surface area contributed by atoms with Crippen molar-refractivity contribution >= 4 is 22.9 Å². The Morgan fingerprint density at radius 2 is 1.50 bits per heavy atom. The number of hydrogen-bond donors (Lipinski definition) is 0. The number of likely N-dealkylation sites (tertiary alicyclic amines) is 1. The zero-order chi connectivity index (χ0) is 25.7. The molecule has 1 saturated heterocycles. The molecule has 4 heteroatoms. The molecule has 0 N–H and O–H groups in total. The van der Waals surface area contributed by atoms with E-state index in [9.17, 15) is 0 Å². The summed E-state index contributed by atoms with van der Waals surface area (Å²) in [5.41, 5.74) is 3.39. The molecular formula is C30H46N2OS. The van der Waals surface area contributed by atoms with Crippen molar-refractivity contribution in [3.63, 3.8) is 0 Å². The summed E-state index contributed by atoms with van der Waals surface area (Å²) in [7, 11) is 0. The molecule has 2 heterocycles. The summed E-state index contributed by atoms with van der Waals surface area (Å²) in [6.45, 7) is 26.5. The minimum atomic E-state index is 0.209. The van der Waals surface area contributed by atoms with Crippen LogP contribution in [0.3, 0.4) is 0 Å². The number of thiocarbonyl (C=S) groups is 1. The van der Waals surface area contributed by atoms with E-state index >= 15 is 0 Å². The number of allylic oxidation sites excluding steroid dienone is 3. The number of nitrogens with zero attached hydrogens (tertiary/aromatic N) is 2. The van der Waals surface area contributed by atoms with Gasteiger partial charge in [-0.2, -0.15) is 0 Å². The van der Waals surface area contributed by atoms with Crippen molar-refractivity contribution < 1.29 is 4.74 Å². The van der Waals surface area contributed by atoms with Gasteiger partial charge in [0, 0.05) is 23.7 Å². The third-order valence-corrected chi connectivity index (χ3v) is 7.85. The minimum absolute atomic E-state index is 0.209. The molecular weight excluding hydrogens is 436 g/mol. The van der Waals surface area contributed by atoms with Crippen LogP contribution in [0.15, 0.2) is 60.1 Å². The van der Waals surface area contributed by atoms with Crippen LogP contribution >= 0.6 is 12.2 Å². The van der Waals surface area contributed by atoms with Crippen molar-refractivity contribution in [2.24, 2.45) is 23.7 Å². The number of fused-ring (bicyclic) bond motifs is 1. The fraction of sp³-hybridized carbons (Fsp3) is 0.567. The van der Waals surface area contributed by atoms with Gasteiger partial charge in [-0.15, -0.1) is 0 Å². The van der Waals surface area contributed by atoms with Gasteiger partial charge in [-0.25, -0.2) is 0 Å². The van der Waals surface area contributed by atoms with Crippen molar-refractivity contribution in [2.75, 3.05) is 4.90 Å². The molecule has 0 bridgehead atoms. The van der Waals surface area contributed by atoms with Gasteiger partial charge in [-0.3, -0.25) is 0 Å². The van der Waals surface area contributed by atoms with Crippen LogP contribution in [0.25, 0.3) is 0 Å². The Balaban J connectivity index is 0.00000199. The van der Waals surface area contributed by atoms with Gasteiger partial charge in [0.25, 0.3) is 0 Å². The Kier molecular flexibility index (Phi) is 9.99. The molecule has 0 radical (unpaired) electrons. The van der Waals surface area contributed by atoms with Crippen LogP contribution in [0, 0.1) is 23.7 Å². The first kappa shape index (κ1) is 28.2. The predicted octanol–water partition coefficient (Wildman–Crippen LogP) is 8.59. The zero-order valence-corrected chi connectivity index (χ0v) is 23.9. The number of rotatable bonds is 7. The lowest BCUT2D eigenvalue weighted by Crippen LogP contribution is -2.37. The average Bonchev–Trinajstić information content (AvgIpc) is 3.31. The normalized spacial score (nSPS) is 22.8. The first-order valence-corrected chi connectivity index (χ1v) is 13.5. The van der Waals surface area contributed by atoms with Crippen LogP contribution in [0.2, 0.25) is 0 Å². The van der Waals surface area contributed by atoms with Crippen molar-refractivity contribution in [2.45, 2.75) is 87.7 Å². The molecule has 1 fully saturated rings. The summed E-state index contributed by atoms with van der Waals surface area (Å²) < 4.78 is 6.31. The molecule has 0 saturated carbocycles. The maximum Gasteiger partial charge on any atom is 0.200 e. The van der Waals surface area contributed by atoms with Crippen LogP contribution in [0.4, 0.5) is 5.69 Å². The van der Waals surface area contributed by atoms with Gasteiger partial charge in [0.15, 0.2) is 5.75 Å². The maximum atomic E-state index is 6.31. The molecule has 2 aliphatic rings. The van der Waals surface area contributed by atoms with Crippen LogP contribution < -0.4 is 9.64 Å². The quantitative estimate of drug-likeness (QED) is 0.361. The number of benzene rings is 1. The summed E-state index contributed by atoms with van der Waals surface area (Å²) in [5.74, 6) is 3.44. The molecule has 4 atom stereocenters. The number of ether oxygens (including phenoxy) is 1. The van der Waals surface area contributed by atoms with Crippen LogP contribution in [-0.2, 0) is 0 Å². The standard InChI is InChI=1S/C28H40N2OS.C2H6/c1-10-19(6)27-23(22(9)29(28(27)32)20(7)17(2)3)15-16-26-30(21(8)18(4)5)24-13-11-12-14-25(24)31-26;1-2/h11-21,27H,9-10H2,1-8H3;1-2H3/b23-15-,26-16+;. The molecule has 3 nitrogen and oxygen atoms in total. The fourth-order valence-electron chi connectivity index (χ4n) is 4.48. The number of hydrogen-bond acceptors (Lipinski definition) is 3. The highest BCUT2D eigenvalue weighted by atomic mass is 32.1. The first-order valence-electron chi connectivity index (χ1n) is 13.1. The van der Waals surface area contributed by atoms with E-state index in [-0.39, 0.29) is 5.92 Å². The highest BCUT2D eigenvalue weighted by molar-refractivity contribution is 7.80. The fourth-order valence-corrected chi connectivity index (χ4v) is 5.12. The Morgan fingerprint density at radius 3 is 2.06 bits per heavy atom. The summed E-state index contributed by atoms with van der Waals surface area (Å²) in [6, 6.07) is 8.93. The topological polar surface area (TPSA) is 15.7 Å². The van der Waals surface area contributed by atoms with E-state index in [4.69, 9.17) is 17.0 Å². The molecule has 3 rings (SSSR count). The smallest absolute Gasteiger partial charge is 0.200 e. The average molecular weight is 483 g/mol. The lowest BCUT2D eigenvalue weighted by molar-refractivity contribution is 0.329. The zero-order valence-electron chi connectivity index (χ0n) is 23.1. The van der Waals surface area contributed by atoms with Gasteiger partial charge in [0.1, 0.15) is 0 Å². The molecule has 0 aromatic heterocycles. The Labute approximate surface area is 214 Å². The second kappa shape index (κ2) is 12.1. The third kappa shape index (κ3) is 5.43. The van der Waals surface area contributed by atoms with Gasteiger partial charge < -0.3 is 14.5 Å². The summed E-state index contributed by atoms with van der Waals surface area (Å²) in [5, 5.41) is 0. The van der Waals surface area contributed by atoms with E-state index in [1.54, 1.807) is 0 Å². The van der Waals surface area contributed by atoms with Gasteiger partial charge in [0.2, 0.25) is 5.88 Å². The van der Waals surface area contributed by atoms with Crippen LogP contribution in [0.5, 0.6) is 5.75 Å². The summed E-state index contributed by atoms with van der Waals surface area (Å²) >= 11 is 6.02. The van der Waals surface area contributed by atoms with Crippen LogP contribution in [0.1, 0.15) is 75.7 Å². The predicted molar refractivity (Wildman–Crippen MR) is 152 cm³/mol. The first-order chi connectivity index (χ1) is 16.1. The molecule has 0 spiro atoms. The molecule has 188 valence electrons. The van der Waals surface area contributed by atoms with E-state index in [2.05, 4.69) is 96.1 Å². The lowest BCUT2D eigenvalue weighted by atomic mass is 9.86. The van der Waals surface area contributed by atoms with E-state index in [1.165, 1.54) is 5.57 Å². The second-order valence-corrected chi connectivity index (χ2v) is 10.5. The highest BCUT2D eigenvalue weighted by Crippen LogP contribution is 2.44. The number of anilines is 1. The molecule has 1 aromatic carbocycles. The minimum Gasteiger partial charge on any atom is -0.439 e. The maximum absolute atomic E-state index is 6.31. The van der Waals surface area contributed by atoms with E-state index in [1.807, 2.05) is 26.0 Å². The van der Waals surface area contributed by atoms with Crippen molar-refractivity contribution in [3.05, 3.63) is 60.1 Å². The molecule has 34 heavy (non-hydrogen) atoms. The molecule has 4 unspecified atom stereocenters. The Hall–Kier alpha value is -2.07. The van der Waals surface area contributed by atoms with Crippen molar-refractivity contribution in [1.82, 2.24) is 4.90 Å². The van der Waals surface area contributed by atoms with Gasteiger partial charge in [0.05, 0.1) is 10.7 Å². The van der Waals surface area contributed by atoms with E-state index in [0.717, 1.165) is 34.4 Å². The van der Waals surface area contributed by atoms with Gasteiger partial charge >= 0.3 is 0 Å². The lowest BCUT2D eigenvalue weighted by Gasteiger charge is -2.31. The Bertz CT molecular complexity index is 929. The summed E-state index contributed by atoms with van der Waals surface area (Å²) in [4.78, 5) is 5.62. The molecule has 0 amide bonds. The third-order valence-electron chi connectivity index (χ3n) is 7.40. The van der Waals surface area contributed by atoms with Crippen molar-refractivity contribution in [1.29, 1.82) is 0 Å². The number of para-hydroxylation sites is 2. The monoisotopic (exact) mass is 482 g/mol. The Morgan fingerprint density at radius 1 is 0.941 bits per heavy atom. The molecule has 0 aliphatic carbocycles. The van der Waals surface area contributed by atoms with Crippen LogP contribution in [-0.4, -0.2) is 22.0 Å². The molecule has 1 aromatic rings. The summed E-state index contributed by atoms with van der Waals surface area (Å²) in [6.07, 6.45) is 5.41. The largest absolute Gasteiger partial charge is 0.439 e. The van der Waals surface area contributed by atoms with Gasteiger partial charge in [-0.05, 0) is 55.4 Å². The van der Waals surface area contributed by atoms with Crippen molar-refractivity contribution in [3.8, 4) is 5.75 Å². The van der Waals surface area contributed by atoms with E-state index < -0.39 is 0 Å².